The summed E-state index contributed by atoms with van der Waals surface area (Å²) in [5.74, 6) is -1.84. The average Bonchev–Trinajstić information content (AvgIpc) is 2.62. The molecule has 0 bridgehead atoms. The van der Waals surface area contributed by atoms with Gasteiger partial charge in [-0.05, 0) is 50.2 Å². The molecule has 0 aromatic heterocycles. The summed E-state index contributed by atoms with van der Waals surface area (Å²) in [5.41, 5.74) is 0.0845. The van der Waals surface area contributed by atoms with Crippen LogP contribution in [0.5, 0.6) is 17.2 Å². The molecule has 1 amide bonds. The number of halogens is 2. The zero-order valence-corrected chi connectivity index (χ0v) is 15.4. The van der Waals surface area contributed by atoms with E-state index in [0.717, 1.165) is 6.07 Å². The van der Waals surface area contributed by atoms with Gasteiger partial charge in [-0.25, -0.2) is 4.79 Å². The number of hydrogen-bond donors (Lipinski definition) is 2. The summed E-state index contributed by atoms with van der Waals surface area (Å²) in [6.45, 7) is 0.452. The van der Waals surface area contributed by atoms with Gasteiger partial charge >= 0.3 is 12.6 Å². The zero-order chi connectivity index (χ0) is 20.8. The van der Waals surface area contributed by atoms with Gasteiger partial charge < -0.3 is 24.6 Å². The minimum Gasteiger partial charge on any atom is -0.493 e. The molecule has 2 N–H and O–H groups in total. The van der Waals surface area contributed by atoms with Crippen molar-refractivity contribution in [3.63, 3.8) is 0 Å². The van der Waals surface area contributed by atoms with Crippen molar-refractivity contribution >= 4 is 17.6 Å². The minimum atomic E-state index is -3.09. The van der Waals surface area contributed by atoms with Gasteiger partial charge in [-0.15, -0.1) is 0 Å². The van der Waals surface area contributed by atoms with E-state index in [2.05, 4.69) is 10.1 Å². The average molecular weight is 395 g/mol. The fraction of sp³-hybridized carbons (Fsp3) is 0.263. The first-order valence-corrected chi connectivity index (χ1v) is 8.19. The number of carboxylic acid groups (broad SMARTS) is 1. The summed E-state index contributed by atoms with van der Waals surface area (Å²) in [6.07, 6.45) is -0.224. The number of anilines is 1. The van der Waals surface area contributed by atoms with Crippen LogP contribution in [0.25, 0.3) is 0 Å². The number of hydrogen-bond acceptors (Lipinski definition) is 5. The lowest BCUT2D eigenvalue weighted by atomic mass is 10.1. The zero-order valence-electron chi connectivity index (χ0n) is 15.4. The van der Waals surface area contributed by atoms with Gasteiger partial charge in [-0.1, -0.05) is 0 Å². The smallest absolute Gasteiger partial charge is 0.387 e. The number of aromatic carboxylic acids is 1. The lowest BCUT2D eigenvalue weighted by molar-refractivity contribution is -0.0512. The molecule has 0 aliphatic heterocycles. The molecule has 0 heterocycles. The van der Waals surface area contributed by atoms with Crippen LogP contribution in [0.4, 0.5) is 14.5 Å². The van der Waals surface area contributed by atoms with Crippen LogP contribution in [0, 0.1) is 0 Å². The predicted octanol–water partition coefficient (Wildman–Crippen LogP) is 4.03. The summed E-state index contributed by atoms with van der Waals surface area (Å²) in [6, 6.07) is 7.79. The Morgan fingerprint density at radius 3 is 2.18 bits per heavy atom. The van der Waals surface area contributed by atoms with E-state index in [1.165, 1.54) is 37.4 Å². The largest absolute Gasteiger partial charge is 0.493 e. The molecule has 0 radical (unpaired) electrons. The molecule has 150 valence electrons. The van der Waals surface area contributed by atoms with Crippen LogP contribution in [0.15, 0.2) is 36.4 Å². The first-order chi connectivity index (χ1) is 13.2. The van der Waals surface area contributed by atoms with Crippen molar-refractivity contribution in [1.82, 2.24) is 0 Å². The van der Waals surface area contributed by atoms with E-state index in [4.69, 9.17) is 14.6 Å². The van der Waals surface area contributed by atoms with Gasteiger partial charge in [0.1, 0.15) is 5.75 Å². The number of alkyl halides is 2. The first-order valence-electron chi connectivity index (χ1n) is 8.19. The highest BCUT2D eigenvalue weighted by molar-refractivity contribution is 6.06. The van der Waals surface area contributed by atoms with Gasteiger partial charge in [0, 0.05) is 5.56 Å². The second kappa shape index (κ2) is 9.03. The molecule has 2 aromatic carbocycles. The van der Waals surface area contributed by atoms with E-state index in [0.29, 0.717) is 0 Å². The number of carbonyl (C=O) groups excluding carboxylic acids is 1. The maximum atomic E-state index is 12.6. The molecule has 0 spiro atoms. The second-order valence-electron chi connectivity index (χ2n) is 5.88. The van der Waals surface area contributed by atoms with E-state index in [-0.39, 0.29) is 40.2 Å². The van der Waals surface area contributed by atoms with Crippen molar-refractivity contribution < 1.29 is 37.7 Å². The van der Waals surface area contributed by atoms with Gasteiger partial charge in [0.05, 0.1) is 24.5 Å². The first kappa shape index (κ1) is 20.9. The van der Waals surface area contributed by atoms with E-state index in [9.17, 15) is 18.4 Å². The molecule has 28 heavy (non-hydrogen) atoms. The Bertz CT molecular complexity index is 869. The summed E-state index contributed by atoms with van der Waals surface area (Å²) >= 11 is 0. The SMILES string of the molecule is COc1ccc(C(=O)Nc2cc(C(=O)O)ccc2OC(C)C)cc1OC(F)F. The van der Waals surface area contributed by atoms with Gasteiger partial charge in [0.25, 0.3) is 5.91 Å². The molecule has 0 aliphatic rings. The van der Waals surface area contributed by atoms with Crippen LogP contribution in [0.2, 0.25) is 0 Å². The van der Waals surface area contributed by atoms with Gasteiger partial charge in [0.2, 0.25) is 0 Å². The molecule has 7 nitrogen and oxygen atoms in total. The minimum absolute atomic E-state index is 0.00711. The molecule has 0 saturated heterocycles. The Kier molecular flexibility index (Phi) is 6.75. The van der Waals surface area contributed by atoms with Crippen molar-refractivity contribution in [3.05, 3.63) is 47.5 Å². The molecule has 2 aromatic rings. The van der Waals surface area contributed by atoms with Crippen LogP contribution in [-0.2, 0) is 0 Å². The number of amides is 1. The van der Waals surface area contributed by atoms with E-state index < -0.39 is 18.5 Å². The van der Waals surface area contributed by atoms with Crippen LogP contribution < -0.4 is 19.5 Å². The standard InChI is InChI=1S/C19H19F2NO6/c1-10(2)27-14-6-5-12(18(24)25)8-13(14)22-17(23)11-4-7-15(26-3)16(9-11)28-19(20)21/h4-10,19H,1-3H3,(H,22,23)(H,24,25). The van der Waals surface area contributed by atoms with Gasteiger partial charge in [-0.3, -0.25) is 4.79 Å². The van der Waals surface area contributed by atoms with Crippen molar-refractivity contribution in [2.45, 2.75) is 26.6 Å². The van der Waals surface area contributed by atoms with Gasteiger partial charge in [0.15, 0.2) is 11.5 Å². The fourth-order valence-electron chi connectivity index (χ4n) is 2.32. The molecule has 0 unspecified atom stereocenters. The Balaban J connectivity index is 2.35. The molecular weight excluding hydrogens is 376 g/mol. The topological polar surface area (TPSA) is 94.1 Å². The van der Waals surface area contributed by atoms with Crippen LogP contribution in [0.3, 0.4) is 0 Å². The molecule has 0 fully saturated rings. The van der Waals surface area contributed by atoms with Crippen LogP contribution in [-0.4, -0.2) is 36.8 Å². The molecule has 2 rings (SSSR count). The highest BCUT2D eigenvalue weighted by Gasteiger charge is 2.17. The summed E-state index contributed by atoms with van der Waals surface area (Å²) in [5, 5.41) is 11.7. The molecule has 0 saturated carbocycles. The van der Waals surface area contributed by atoms with Crippen molar-refractivity contribution in [1.29, 1.82) is 0 Å². The number of nitrogens with one attached hydrogen (secondary N) is 1. The normalized spacial score (nSPS) is 10.7. The van der Waals surface area contributed by atoms with Crippen molar-refractivity contribution in [2.24, 2.45) is 0 Å². The lowest BCUT2D eigenvalue weighted by Gasteiger charge is -2.16. The fourth-order valence-corrected chi connectivity index (χ4v) is 2.32. The van der Waals surface area contributed by atoms with E-state index in [1.54, 1.807) is 13.8 Å². The maximum Gasteiger partial charge on any atom is 0.387 e. The Morgan fingerprint density at radius 2 is 1.61 bits per heavy atom. The highest BCUT2D eigenvalue weighted by Crippen LogP contribution is 2.31. The Labute approximate surface area is 159 Å². The van der Waals surface area contributed by atoms with Crippen LogP contribution in [0.1, 0.15) is 34.6 Å². The monoisotopic (exact) mass is 395 g/mol. The molecule has 0 atom stereocenters. The third kappa shape index (κ3) is 5.32. The summed E-state index contributed by atoms with van der Waals surface area (Å²) in [4.78, 5) is 23.8. The third-order valence-electron chi connectivity index (χ3n) is 3.48. The molecular formula is C19H19F2NO6. The Morgan fingerprint density at radius 1 is 0.964 bits per heavy atom. The number of benzene rings is 2. The molecule has 9 heteroatoms. The van der Waals surface area contributed by atoms with Crippen molar-refractivity contribution in [3.8, 4) is 17.2 Å². The van der Waals surface area contributed by atoms with E-state index in [1.807, 2.05) is 0 Å². The predicted molar refractivity (Wildman–Crippen MR) is 96.7 cm³/mol. The van der Waals surface area contributed by atoms with Gasteiger partial charge in [-0.2, -0.15) is 8.78 Å². The number of rotatable bonds is 8. The van der Waals surface area contributed by atoms with Crippen molar-refractivity contribution in [2.75, 3.05) is 12.4 Å². The number of ether oxygens (including phenoxy) is 3. The lowest BCUT2D eigenvalue weighted by Crippen LogP contribution is -2.15. The maximum absolute atomic E-state index is 12.6. The third-order valence-corrected chi connectivity index (χ3v) is 3.48. The van der Waals surface area contributed by atoms with E-state index >= 15 is 0 Å². The quantitative estimate of drug-likeness (QED) is 0.701. The highest BCUT2D eigenvalue weighted by atomic mass is 19.3. The number of methoxy groups -OCH3 is 1. The summed E-state index contributed by atoms with van der Waals surface area (Å²) in [7, 11) is 1.28. The molecule has 0 aliphatic carbocycles. The number of carboxylic acids is 1. The number of carbonyl (C=O) groups is 2. The second-order valence-corrected chi connectivity index (χ2v) is 5.88. The van der Waals surface area contributed by atoms with Crippen LogP contribution >= 0.6 is 0 Å². The Hall–Kier alpha value is -3.36. The summed E-state index contributed by atoms with van der Waals surface area (Å²) < 4.78 is 40.0.